The van der Waals surface area contributed by atoms with Crippen molar-refractivity contribution in [2.75, 3.05) is 32.7 Å². The van der Waals surface area contributed by atoms with Crippen LogP contribution in [0.1, 0.15) is 33.1 Å². The van der Waals surface area contributed by atoms with E-state index >= 15 is 0 Å². The molecule has 110 valence electrons. The molecule has 2 aliphatic rings. The van der Waals surface area contributed by atoms with Gasteiger partial charge >= 0.3 is 5.97 Å². The van der Waals surface area contributed by atoms with Crippen LogP contribution in [0, 0.1) is 0 Å². The van der Waals surface area contributed by atoms with Crippen LogP contribution in [0.4, 0.5) is 0 Å². The lowest BCUT2D eigenvalue weighted by Gasteiger charge is -2.34. The number of rotatable bonds is 4. The minimum Gasteiger partial charge on any atom is -0.462 e. The number of ether oxygens (including phenoxy) is 1. The Bertz CT molecular complexity index is 301. The molecule has 2 N–H and O–H groups in total. The molecule has 0 amide bonds. The number of carbonyl (C=O) groups excluding carboxylic acids is 1. The summed E-state index contributed by atoms with van der Waals surface area (Å²) in [6, 6.07) is 0.981. The average Bonchev–Trinajstić information content (AvgIpc) is 2.77. The molecule has 0 bridgehead atoms. The van der Waals surface area contributed by atoms with Crippen molar-refractivity contribution in [3.05, 3.63) is 0 Å². The molecular formula is C14H27N3O2. The first-order valence-electron chi connectivity index (χ1n) is 7.46. The molecule has 5 nitrogen and oxygen atoms in total. The Morgan fingerprint density at radius 2 is 1.95 bits per heavy atom. The van der Waals surface area contributed by atoms with E-state index in [4.69, 9.17) is 10.5 Å². The van der Waals surface area contributed by atoms with Crippen LogP contribution in [0.15, 0.2) is 0 Å². The third-order valence-electron chi connectivity index (χ3n) is 4.06. The molecule has 0 spiro atoms. The van der Waals surface area contributed by atoms with Crippen LogP contribution < -0.4 is 5.73 Å². The second-order valence-corrected chi connectivity index (χ2v) is 6.09. The molecule has 0 aromatic rings. The van der Waals surface area contributed by atoms with Crippen molar-refractivity contribution < 1.29 is 9.53 Å². The van der Waals surface area contributed by atoms with Crippen LogP contribution in [0.2, 0.25) is 0 Å². The summed E-state index contributed by atoms with van der Waals surface area (Å²) < 4.78 is 5.20. The zero-order valence-corrected chi connectivity index (χ0v) is 12.2. The van der Waals surface area contributed by atoms with E-state index < -0.39 is 0 Å². The number of likely N-dealkylation sites (tertiary alicyclic amines) is 2. The molecule has 2 rings (SSSR count). The van der Waals surface area contributed by atoms with Gasteiger partial charge in [0.05, 0.1) is 12.6 Å². The summed E-state index contributed by atoms with van der Waals surface area (Å²) in [6.45, 7) is 8.42. The third-order valence-corrected chi connectivity index (χ3v) is 4.06. The van der Waals surface area contributed by atoms with Crippen LogP contribution in [0.5, 0.6) is 0 Å². The van der Waals surface area contributed by atoms with Crippen molar-refractivity contribution in [3.8, 4) is 0 Å². The van der Waals surface area contributed by atoms with Crippen LogP contribution in [-0.2, 0) is 9.53 Å². The first-order valence-corrected chi connectivity index (χ1v) is 7.46. The maximum absolute atomic E-state index is 11.6. The van der Waals surface area contributed by atoms with Crippen LogP contribution in [0.25, 0.3) is 0 Å². The maximum Gasteiger partial charge on any atom is 0.320 e. The minimum absolute atomic E-state index is 0.0190. The van der Waals surface area contributed by atoms with Gasteiger partial charge in [-0.3, -0.25) is 14.6 Å². The van der Waals surface area contributed by atoms with Gasteiger partial charge in [-0.1, -0.05) is 0 Å². The fourth-order valence-electron chi connectivity index (χ4n) is 3.02. The van der Waals surface area contributed by atoms with Crippen molar-refractivity contribution >= 4 is 5.97 Å². The van der Waals surface area contributed by atoms with Gasteiger partial charge in [0.15, 0.2) is 0 Å². The summed E-state index contributed by atoms with van der Waals surface area (Å²) >= 11 is 0. The molecule has 0 aromatic carbocycles. The summed E-state index contributed by atoms with van der Waals surface area (Å²) in [5.41, 5.74) is 5.94. The fourth-order valence-corrected chi connectivity index (χ4v) is 3.02. The van der Waals surface area contributed by atoms with E-state index in [1.165, 1.54) is 0 Å². The summed E-state index contributed by atoms with van der Waals surface area (Å²) in [5.74, 6) is -0.101. The molecule has 5 heteroatoms. The number of esters is 1. The Kier molecular flexibility index (Phi) is 5.19. The minimum atomic E-state index is -0.101. The maximum atomic E-state index is 11.6. The predicted molar refractivity (Wildman–Crippen MR) is 74.9 cm³/mol. The van der Waals surface area contributed by atoms with E-state index in [1.54, 1.807) is 0 Å². The van der Waals surface area contributed by atoms with Gasteiger partial charge in [-0.25, -0.2) is 0 Å². The van der Waals surface area contributed by atoms with E-state index in [1.807, 2.05) is 13.8 Å². The van der Waals surface area contributed by atoms with Gasteiger partial charge in [0.2, 0.25) is 0 Å². The van der Waals surface area contributed by atoms with Crippen LogP contribution in [0.3, 0.4) is 0 Å². The van der Waals surface area contributed by atoms with Gasteiger partial charge in [0.1, 0.15) is 0 Å². The zero-order valence-electron chi connectivity index (χ0n) is 12.2. The highest BCUT2D eigenvalue weighted by molar-refractivity contribution is 5.71. The van der Waals surface area contributed by atoms with E-state index in [-0.39, 0.29) is 12.1 Å². The van der Waals surface area contributed by atoms with E-state index in [0.29, 0.717) is 18.6 Å². The summed E-state index contributed by atoms with van der Waals surface area (Å²) in [5, 5.41) is 0. The number of nitrogens with two attached hydrogens (primary N) is 1. The molecule has 0 aromatic heterocycles. The lowest BCUT2D eigenvalue weighted by Crippen LogP contribution is -2.46. The number of hydrogen-bond acceptors (Lipinski definition) is 5. The fraction of sp³-hybridized carbons (Fsp3) is 0.929. The van der Waals surface area contributed by atoms with Crippen molar-refractivity contribution in [2.45, 2.75) is 51.3 Å². The summed E-state index contributed by atoms with van der Waals surface area (Å²) in [6.07, 6.45) is 3.34. The van der Waals surface area contributed by atoms with Crippen molar-refractivity contribution in [1.29, 1.82) is 0 Å². The first-order chi connectivity index (χ1) is 9.04. The Labute approximate surface area is 116 Å². The highest BCUT2D eigenvalue weighted by Gasteiger charge is 2.30. The smallest absolute Gasteiger partial charge is 0.320 e. The highest BCUT2D eigenvalue weighted by Crippen LogP contribution is 2.19. The molecule has 2 fully saturated rings. The third kappa shape index (κ3) is 4.44. The second-order valence-electron chi connectivity index (χ2n) is 6.09. The molecule has 0 aliphatic carbocycles. The lowest BCUT2D eigenvalue weighted by molar-refractivity contribution is -0.148. The van der Waals surface area contributed by atoms with Gasteiger partial charge < -0.3 is 10.5 Å². The Balaban J connectivity index is 1.72. The normalized spacial score (nSPS) is 27.1. The summed E-state index contributed by atoms with van der Waals surface area (Å²) in [4.78, 5) is 16.4. The topological polar surface area (TPSA) is 58.8 Å². The molecule has 2 heterocycles. The van der Waals surface area contributed by atoms with Gasteiger partial charge in [0.25, 0.3) is 0 Å². The second kappa shape index (κ2) is 6.68. The van der Waals surface area contributed by atoms with E-state index in [0.717, 1.165) is 45.4 Å². The zero-order chi connectivity index (χ0) is 13.8. The highest BCUT2D eigenvalue weighted by atomic mass is 16.5. The van der Waals surface area contributed by atoms with Gasteiger partial charge in [0, 0.05) is 25.2 Å². The van der Waals surface area contributed by atoms with Crippen molar-refractivity contribution in [1.82, 2.24) is 9.80 Å². The average molecular weight is 269 g/mol. The Morgan fingerprint density at radius 1 is 1.26 bits per heavy atom. The molecule has 2 aliphatic heterocycles. The van der Waals surface area contributed by atoms with Gasteiger partial charge in [-0.2, -0.15) is 0 Å². The number of carbonyl (C=O) groups is 1. The number of nitrogens with zero attached hydrogens (tertiary/aromatic N) is 2. The standard InChI is InChI=1S/C14H27N3O2/c1-11(2)19-14(18)10-16-6-5-13(9-16)17-7-3-12(15)4-8-17/h11-13H,3-10,15H2,1-2H3. The SMILES string of the molecule is CC(C)OC(=O)CN1CCC(N2CCC(N)CC2)C1. The van der Waals surface area contributed by atoms with Gasteiger partial charge in [-0.05, 0) is 46.2 Å². The predicted octanol–water partition coefficient (Wildman–Crippen LogP) is 0.435. The summed E-state index contributed by atoms with van der Waals surface area (Å²) in [7, 11) is 0. The quantitative estimate of drug-likeness (QED) is 0.750. The lowest BCUT2D eigenvalue weighted by atomic mass is 10.0. The molecule has 0 saturated carbocycles. The van der Waals surface area contributed by atoms with Crippen molar-refractivity contribution in [3.63, 3.8) is 0 Å². The van der Waals surface area contributed by atoms with Gasteiger partial charge in [-0.15, -0.1) is 0 Å². The Morgan fingerprint density at radius 3 is 2.58 bits per heavy atom. The van der Waals surface area contributed by atoms with E-state index in [9.17, 15) is 4.79 Å². The number of hydrogen-bond donors (Lipinski definition) is 1. The first kappa shape index (κ1) is 14.8. The Hall–Kier alpha value is -0.650. The number of piperidine rings is 1. The molecular weight excluding hydrogens is 242 g/mol. The monoisotopic (exact) mass is 269 g/mol. The van der Waals surface area contributed by atoms with Crippen molar-refractivity contribution in [2.24, 2.45) is 5.73 Å². The van der Waals surface area contributed by atoms with E-state index in [2.05, 4.69) is 9.80 Å². The van der Waals surface area contributed by atoms with Crippen LogP contribution >= 0.6 is 0 Å². The van der Waals surface area contributed by atoms with Crippen LogP contribution in [-0.4, -0.2) is 66.7 Å². The molecule has 19 heavy (non-hydrogen) atoms. The molecule has 2 saturated heterocycles. The largest absolute Gasteiger partial charge is 0.462 e. The molecule has 0 radical (unpaired) electrons. The molecule has 1 atom stereocenters. The molecule has 1 unspecified atom stereocenters.